The second-order valence-corrected chi connectivity index (χ2v) is 9.56. The molecule has 2 rings (SSSR count). The predicted octanol–water partition coefficient (Wildman–Crippen LogP) is 9.03. The Hall–Kier alpha value is -2.36. The fourth-order valence-corrected chi connectivity index (χ4v) is 4.24. The SMILES string of the molecule is CCCCCCCCCCc1ccc(C(CC)OC(=O)c2ccc(OCCCCCC)nc2)cc1. The van der Waals surface area contributed by atoms with E-state index in [1.54, 1.807) is 18.3 Å². The van der Waals surface area contributed by atoms with E-state index in [0.29, 0.717) is 18.1 Å². The number of carbonyl (C=O) groups is 1. The third-order valence-corrected chi connectivity index (χ3v) is 6.51. The molecule has 1 aromatic carbocycles. The molecule has 0 fully saturated rings. The molecule has 2 aromatic rings. The van der Waals surface area contributed by atoms with Crippen LogP contribution in [0.3, 0.4) is 0 Å². The molecule has 0 aliphatic rings. The largest absolute Gasteiger partial charge is 0.478 e. The van der Waals surface area contributed by atoms with Crippen molar-refractivity contribution in [1.82, 2.24) is 4.98 Å². The Bertz CT molecular complexity index is 801. The number of ether oxygens (including phenoxy) is 2. The first-order valence-corrected chi connectivity index (χ1v) is 14.1. The van der Waals surface area contributed by atoms with Gasteiger partial charge in [-0.1, -0.05) is 109 Å². The average Bonchev–Trinajstić information content (AvgIpc) is 2.89. The number of benzene rings is 1. The van der Waals surface area contributed by atoms with E-state index in [4.69, 9.17) is 9.47 Å². The maximum absolute atomic E-state index is 12.7. The molecule has 0 aliphatic heterocycles. The summed E-state index contributed by atoms with van der Waals surface area (Å²) in [5.74, 6) is 0.207. The first-order chi connectivity index (χ1) is 17.2. The van der Waals surface area contributed by atoms with Crippen molar-refractivity contribution < 1.29 is 14.3 Å². The van der Waals surface area contributed by atoms with Crippen molar-refractivity contribution in [2.75, 3.05) is 6.61 Å². The smallest absolute Gasteiger partial charge is 0.340 e. The fourth-order valence-electron chi connectivity index (χ4n) is 4.24. The minimum absolute atomic E-state index is 0.255. The summed E-state index contributed by atoms with van der Waals surface area (Å²) in [5.41, 5.74) is 2.85. The van der Waals surface area contributed by atoms with E-state index in [1.165, 1.54) is 76.2 Å². The minimum atomic E-state index is -0.346. The van der Waals surface area contributed by atoms with Crippen molar-refractivity contribution in [3.05, 3.63) is 59.3 Å². The molecule has 35 heavy (non-hydrogen) atoms. The molecule has 1 unspecified atom stereocenters. The van der Waals surface area contributed by atoms with E-state index >= 15 is 0 Å². The molecule has 0 saturated heterocycles. The average molecular weight is 482 g/mol. The highest BCUT2D eigenvalue weighted by molar-refractivity contribution is 5.89. The number of aromatic nitrogens is 1. The third-order valence-electron chi connectivity index (χ3n) is 6.51. The number of aryl methyl sites for hydroxylation is 1. The zero-order valence-electron chi connectivity index (χ0n) is 22.4. The first-order valence-electron chi connectivity index (χ1n) is 14.1. The van der Waals surface area contributed by atoms with Gasteiger partial charge in [0.1, 0.15) is 6.10 Å². The van der Waals surface area contributed by atoms with E-state index in [0.717, 1.165) is 24.8 Å². The lowest BCUT2D eigenvalue weighted by Gasteiger charge is -2.17. The number of nitrogens with zero attached hydrogens (tertiary/aromatic N) is 1. The molecule has 0 radical (unpaired) electrons. The summed E-state index contributed by atoms with van der Waals surface area (Å²) in [6.45, 7) is 7.15. The van der Waals surface area contributed by atoms with Gasteiger partial charge in [-0.05, 0) is 42.9 Å². The summed E-state index contributed by atoms with van der Waals surface area (Å²) in [5, 5.41) is 0. The Morgan fingerprint density at radius 1 is 0.771 bits per heavy atom. The Morgan fingerprint density at radius 3 is 2.00 bits per heavy atom. The molecule has 0 aliphatic carbocycles. The number of hydrogen-bond acceptors (Lipinski definition) is 4. The quantitative estimate of drug-likeness (QED) is 0.148. The molecule has 4 nitrogen and oxygen atoms in total. The summed E-state index contributed by atoms with van der Waals surface area (Å²) in [7, 11) is 0. The van der Waals surface area contributed by atoms with E-state index < -0.39 is 0 Å². The molecule has 4 heteroatoms. The van der Waals surface area contributed by atoms with Gasteiger partial charge in [0.2, 0.25) is 5.88 Å². The van der Waals surface area contributed by atoms with Crippen LogP contribution in [0.15, 0.2) is 42.6 Å². The molecule has 1 atom stereocenters. The molecule has 0 N–H and O–H groups in total. The van der Waals surface area contributed by atoms with Crippen LogP contribution in [0, 0.1) is 0 Å². The van der Waals surface area contributed by atoms with Gasteiger partial charge in [-0.3, -0.25) is 0 Å². The van der Waals surface area contributed by atoms with Crippen LogP contribution in [0.25, 0.3) is 0 Å². The molecule has 0 saturated carbocycles. The molecule has 0 amide bonds. The number of esters is 1. The van der Waals surface area contributed by atoms with Gasteiger partial charge in [0.05, 0.1) is 12.2 Å². The second kappa shape index (κ2) is 18.0. The summed E-state index contributed by atoms with van der Waals surface area (Å²) < 4.78 is 11.5. The summed E-state index contributed by atoms with van der Waals surface area (Å²) in [4.78, 5) is 17.0. The van der Waals surface area contributed by atoms with Crippen LogP contribution in [0.1, 0.15) is 132 Å². The molecular weight excluding hydrogens is 434 g/mol. The van der Waals surface area contributed by atoms with Gasteiger partial charge in [0, 0.05) is 12.3 Å². The Labute approximate surface area is 213 Å². The fraction of sp³-hybridized carbons (Fsp3) is 0.613. The van der Waals surface area contributed by atoms with Crippen LogP contribution in [-0.2, 0) is 11.2 Å². The Kier molecular flexibility index (Phi) is 14.8. The molecule has 1 aromatic heterocycles. The lowest BCUT2D eigenvalue weighted by molar-refractivity contribution is 0.0287. The van der Waals surface area contributed by atoms with Gasteiger partial charge < -0.3 is 9.47 Å². The van der Waals surface area contributed by atoms with Crippen molar-refractivity contribution in [3.63, 3.8) is 0 Å². The van der Waals surface area contributed by atoms with E-state index in [2.05, 4.69) is 43.1 Å². The maximum atomic E-state index is 12.7. The topological polar surface area (TPSA) is 48.4 Å². The Morgan fingerprint density at radius 2 is 1.40 bits per heavy atom. The standard InChI is InChI=1S/C31H47NO3/c1-4-7-9-11-12-13-14-15-17-26-18-20-27(21-19-26)29(6-3)35-31(33)28-22-23-30(32-25-28)34-24-16-10-8-5-2/h18-23,25,29H,4-17,24H2,1-3H3. The number of hydrogen-bond donors (Lipinski definition) is 0. The van der Waals surface area contributed by atoms with Crippen molar-refractivity contribution in [3.8, 4) is 5.88 Å². The number of carbonyl (C=O) groups excluding carboxylic acids is 1. The summed E-state index contributed by atoms with van der Waals surface area (Å²) in [6, 6.07) is 12.1. The maximum Gasteiger partial charge on any atom is 0.340 e. The van der Waals surface area contributed by atoms with Gasteiger partial charge in [0.25, 0.3) is 0 Å². The van der Waals surface area contributed by atoms with Crippen molar-refractivity contribution >= 4 is 5.97 Å². The monoisotopic (exact) mass is 481 g/mol. The Balaban J connectivity index is 1.74. The lowest BCUT2D eigenvalue weighted by Crippen LogP contribution is -2.12. The molecule has 0 spiro atoms. The number of unbranched alkanes of at least 4 members (excludes halogenated alkanes) is 10. The van der Waals surface area contributed by atoms with E-state index in [9.17, 15) is 4.79 Å². The zero-order chi connectivity index (χ0) is 25.1. The molecule has 1 heterocycles. The normalized spacial score (nSPS) is 11.9. The summed E-state index contributed by atoms with van der Waals surface area (Å²) in [6.07, 6.45) is 18.5. The molecule has 0 bridgehead atoms. The van der Waals surface area contributed by atoms with Crippen LogP contribution in [0.2, 0.25) is 0 Å². The number of rotatable bonds is 19. The highest BCUT2D eigenvalue weighted by Gasteiger charge is 2.17. The van der Waals surface area contributed by atoms with Crippen LogP contribution >= 0.6 is 0 Å². The van der Waals surface area contributed by atoms with Crippen molar-refractivity contribution in [2.24, 2.45) is 0 Å². The first kappa shape index (κ1) is 28.9. The second-order valence-electron chi connectivity index (χ2n) is 9.56. The summed E-state index contributed by atoms with van der Waals surface area (Å²) >= 11 is 0. The lowest BCUT2D eigenvalue weighted by atomic mass is 10.0. The van der Waals surface area contributed by atoms with Crippen LogP contribution in [0.5, 0.6) is 5.88 Å². The third kappa shape index (κ3) is 11.7. The molecule has 194 valence electrons. The minimum Gasteiger partial charge on any atom is -0.478 e. The molecular formula is C31H47NO3. The zero-order valence-corrected chi connectivity index (χ0v) is 22.4. The van der Waals surface area contributed by atoms with Gasteiger partial charge in [-0.15, -0.1) is 0 Å². The van der Waals surface area contributed by atoms with Gasteiger partial charge in [-0.25, -0.2) is 9.78 Å². The highest BCUT2D eigenvalue weighted by atomic mass is 16.5. The predicted molar refractivity (Wildman–Crippen MR) is 145 cm³/mol. The van der Waals surface area contributed by atoms with Gasteiger partial charge >= 0.3 is 5.97 Å². The van der Waals surface area contributed by atoms with Crippen LogP contribution in [0.4, 0.5) is 0 Å². The number of pyridine rings is 1. The van der Waals surface area contributed by atoms with E-state index in [1.807, 2.05) is 6.92 Å². The van der Waals surface area contributed by atoms with Crippen molar-refractivity contribution in [2.45, 2.75) is 117 Å². The highest BCUT2D eigenvalue weighted by Crippen LogP contribution is 2.24. The van der Waals surface area contributed by atoms with Gasteiger partial charge in [0.15, 0.2) is 0 Å². The van der Waals surface area contributed by atoms with Crippen LogP contribution < -0.4 is 4.74 Å². The van der Waals surface area contributed by atoms with Crippen molar-refractivity contribution in [1.29, 1.82) is 0 Å². The van der Waals surface area contributed by atoms with Gasteiger partial charge in [-0.2, -0.15) is 0 Å². The van der Waals surface area contributed by atoms with E-state index in [-0.39, 0.29) is 12.1 Å². The van der Waals surface area contributed by atoms with Crippen LogP contribution in [-0.4, -0.2) is 17.6 Å².